The topological polar surface area (TPSA) is 68.6 Å². The molecule has 2 aromatic heterocycles. The molecule has 0 spiro atoms. The van der Waals surface area contributed by atoms with Crippen LogP contribution in [-0.4, -0.2) is 33.6 Å². The Hall–Kier alpha value is -1.85. The molecule has 0 N–H and O–H groups in total. The van der Waals surface area contributed by atoms with Gasteiger partial charge in [-0.1, -0.05) is 0 Å². The van der Waals surface area contributed by atoms with Crippen molar-refractivity contribution in [3.63, 3.8) is 0 Å². The average molecular weight is 186 g/mol. The number of hydrogen-bond donors (Lipinski definition) is 0. The van der Waals surface area contributed by atoms with Crippen LogP contribution in [0.3, 0.4) is 0 Å². The van der Waals surface area contributed by atoms with Crippen LogP contribution in [0.2, 0.25) is 0 Å². The summed E-state index contributed by atoms with van der Waals surface area (Å²) in [6.45, 7) is 1.42. The lowest BCUT2D eigenvalue weighted by atomic mass is 10.1. The number of fused-ring (bicyclic) bond motifs is 1. The number of carbonyl (C=O) groups excluding carboxylic acids is 1. The van der Waals surface area contributed by atoms with Gasteiger partial charge in [-0.3, -0.25) is 9.78 Å². The fourth-order valence-electron chi connectivity index (χ4n) is 1.07. The van der Waals surface area contributed by atoms with Gasteiger partial charge in [-0.05, 0) is 0 Å². The van der Waals surface area contributed by atoms with Crippen molar-refractivity contribution in [1.29, 1.82) is 0 Å². The van der Waals surface area contributed by atoms with E-state index in [0.29, 0.717) is 11.2 Å². The molecule has 2 aromatic rings. The summed E-state index contributed by atoms with van der Waals surface area (Å²) in [4.78, 5) is 27.1. The van der Waals surface area contributed by atoms with Gasteiger partial charge in [0.1, 0.15) is 5.52 Å². The highest BCUT2D eigenvalue weighted by molar-refractivity contribution is 6.30. The Balaban J connectivity index is 2.69. The SMILES string of the molecule is Bc1cnc2cnc(C(C)=O)nc2n1. The highest BCUT2D eigenvalue weighted by Crippen LogP contribution is 2.02. The molecule has 0 aromatic carbocycles. The van der Waals surface area contributed by atoms with Crippen LogP contribution in [0.1, 0.15) is 17.5 Å². The molecular weight excluding hydrogens is 179 g/mol. The monoisotopic (exact) mass is 186 g/mol. The van der Waals surface area contributed by atoms with Crippen molar-refractivity contribution >= 4 is 30.4 Å². The fraction of sp³-hybridized carbons (Fsp3) is 0.125. The van der Waals surface area contributed by atoms with Crippen molar-refractivity contribution in [2.75, 3.05) is 0 Å². The Labute approximate surface area is 81.0 Å². The lowest BCUT2D eigenvalue weighted by Crippen LogP contribution is -2.11. The second-order valence-electron chi connectivity index (χ2n) is 2.97. The molecule has 0 saturated carbocycles. The molecule has 68 valence electrons. The Kier molecular flexibility index (Phi) is 1.96. The number of ketones is 1. The first kappa shape index (κ1) is 8.74. The molecule has 0 saturated heterocycles. The van der Waals surface area contributed by atoms with Crippen LogP contribution >= 0.6 is 0 Å². The van der Waals surface area contributed by atoms with E-state index in [2.05, 4.69) is 19.9 Å². The maximum absolute atomic E-state index is 11.0. The molecule has 0 atom stereocenters. The molecule has 0 amide bonds. The van der Waals surface area contributed by atoms with Gasteiger partial charge in [0.2, 0.25) is 0 Å². The van der Waals surface area contributed by atoms with Gasteiger partial charge in [0.05, 0.1) is 6.20 Å². The minimum atomic E-state index is -0.171. The Bertz CT molecular complexity index is 514. The summed E-state index contributed by atoms with van der Waals surface area (Å²) >= 11 is 0. The van der Waals surface area contributed by atoms with Gasteiger partial charge in [0, 0.05) is 18.7 Å². The van der Waals surface area contributed by atoms with Gasteiger partial charge in [-0.15, -0.1) is 0 Å². The number of rotatable bonds is 1. The summed E-state index contributed by atoms with van der Waals surface area (Å²) in [5.41, 5.74) is 1.83. The second kappa shape index (κ2) is 3.14. The van der Waals surface area contributed by atoms with Crippen LogP contribution in [0.4, 0.5) is 0 Å². The number of hydrogen-bond acceptors (Lipinski definition) is 5. The van der Waals surface area contributed by atoms with E-state index in [-0.39, 0.29) is 11.6 Å². The van der Waals surface area contributed by atoms with E-state index in [1.807, 2.05) is 7.85 Å². The summed E-state index contributed by atoms with van der Waals surface area (Å²) in [5, 5.41) is 0. The smallest absolute Gasteiger partial charge is 0.197 e. The first-order valence-electron chi connectivity index (χ1n) is 4.14. The van der Waals surface area contributed by atoms with Gasteiger partial charge in [-0.2, -0.15) is 0 Å². The Morgan fingerprint density at radius 1 is 1.29 bits per heavy atom. The van der Waals surface area contributed by atoms with Crippen LogP contribution in [0.25, 0.3) is 11.2 Å². The summed E-state index contributed by atoms with van der Waals surface area (Å²) < 4.78 is 0. The third-order valence-corrected chi connectivity index (χ3v) is 1.74. The predicted octanol–water partition coefficient (Wildman–Crippen LogP) is -1.12. The van der Waals surface area contributed by atoms with Crippen molar-refractivity contribution in [2.45, 2.75) is 6.92 Å². The van der Waals surface area contributed by atoms with Gasteiger partial charge in [0.25, 0.3) is 0 Å². The number of aromatic nitrogens is 4. The standard InChI is InChI=1S/C8H7BN4O/c1-4(14)7-11-2-5-8(13-7)12-6(9)3-10-5/h2-3H,9H2,1H3. The predicted molar refractivity (Wildman–Crippen MR) is 53.3 cm³/mol. The van der Waals surface area contributed by atoms with Crippen molar-refractivity contribution in [1.82, 2.24) is 19.9 Å². The zero-order valence-corrected chi connectivity index (χ0v) is 7.85. The molecule has 14 heavy (non-hydrogen) atoms. The molecule has 0 radical (unpaired) electrons. The van der Waals surface area contributed by atoms with Gasteiger partial charge in [0.15, 0.2) is 25.1 Å². The largest absolute Gasteiger partial charge is 0.291 e. The number of carbonyl (C=O) groups is 1. The van der Waals surface area contributed by atoms with E-state index >= 15 is 0 Å². The lowest BCUT2D eigenvalue weighted by Gasteiger charge is -1.98. The highest BCUT2D eigenvalue weighted by Gasteiger charge is 2.05. The average Bonchev–Trinajstić information content (AvgIpc) is 2.16. The minimum Gasteiger partial charge on any atom is -0.291 e. The minimum absolute atomic E-state index is 0.171. The van der Waals surface area contributed by atoms with E-state index in [4.69, 9.17) is 0 Å². The quantitative estimate of drug-likeness (QED) is 0.416. The molecule has 2 rings (SSSR count). The van der Waals surface area contributed by atoms with E-state index in [1.54, 1.807) is 6.20 Å². The molecule has 0 aliphatic rings. The van der Waals surface area contributed by atoms with Crippen LogP contribution < -0.4 is 5.59 Å². The van der Waals surface area contributed by atoms with Crippen LogP contribution in [0.5, 0.6) is 0 Å². The molecule has 0 aliphatic heterocycles. The van der Waals surface area contributed by atoms with E-state index in [0.717, 1.165) is 5.59 Å². The summed E-state index contributed by atoms with van der Waals surface area (Å²) in [7, 11) is 1.82. The van der Waals surface area contributed by atoms with E-state index in [1.165, 1.54) is 13.1 Å². The number of nitrogens with zero attached hydrogens (tertiary/aromatic N) is 4. The van der Waals surface area contributed by atoms with Crippen LogP contribution in [0, 0.1) is 0 Å². The molecule has 0 unspecified atom stereocenters. The molecule has 2 heterocycles. The Morgan fingerprint density at radius 2 is 2.07 bits per heavy atom. The first-order valence-corrected chi connectivity index (χ1v) is 4.14. The first-order chi connectivity index (χ1) is 6.66. The summed E-state index contributed by atoms with van der Waals surface area (Å²) in [6, 6.07) is 0. The molecule has 0 bridgehead atoms. The number of Topliss-reactive ketones (excluding diaryl/α,β-unsaturated/α-hetero) is 1. The highest BCUT2D eigenvalue weighted by atomic mass is 16.1. The van der Waals surface area contributed by atoms with Gasteiger partial charge < -0.3 is 0 Å². The van der Waals surface area contributed by atoms with Crippen LogP contribution in [-0.2, 0) is 0 Å². The third kappa shape index (κ3) is 1.46. The normalized spacial score (nSPS) is 10.4. The maximum atomic E-state index is 11.0. The fourth-order valence-corrected chi connectivity index (χ4v) is 1.07. The maximum Gasteiger partial charge on any atom is 0.197 e. The zero-order valence-electron chi connectivity index (χ0n) is 7.85. The molecule has 0 aliphatic carbocycles. The molecular formula is C8H7BN4O. The second-order valence-corrected chi connectivity index (χ2v) is 2.97. The Morgan fingerprint density at radius 3 is 2.79 bits per heavy atom. The van der Waals surface area contributed by atoms with Gasteiger partial charge >= 0.3 is 0 Å². The van der Waals surface area contributed by atoms with E-state index in [9.17, 15) is 4.79 Å². The van der Waals surface area contributed by atoms with Crippen molar-refractivity contribution in [3.05, 3.63) is 18.2 Å². The molecule has 0 fully saturated rings. The van der Waals surface area contributed by atoms with Crippen molar-refractivity contribution in [3.8, 4) is 0 Å². The summed E-state index contributed by atoms with van der Waals surface area (Å²) in [6.07, 6.45) is 3.14. The lowest BCUT2D eigenvalue weighted by molar-refractivity contribution is 0.100. The molecule has 6 heteroatoms. The van der Waals surface area contributed by atoms with Crippen molar-refractivity contribution in [2.24, 2.45) is 0 Å². The van der Waals surface area contributed by atoms with E-state index < -0.39 is 0 Å². The third-order valence-electron chi connectivity index (χ3n) is 1.74. The zero-order chi connectivity index (χ0) is 10.1. The summed E-state index contributed by atoms with van der Waals surface area (Å²) in [5.74, 6) is 0.00704. The van der Waals surface area contributed by atoms with Crippen molar-refractivity contribution < 1.29 is 4.79 Å². The molecule has 5 nitrogen and oxygen atoms in total. The van der Waals surface area contributed by atoms with Gasteiger partial charge in [-0.25, -0.2) is 15.0 Å². The van der Waals surface area contributed by atoms with Crippen LogP contribution in [0.15, 0.2) is 12.4 Å².